The summed E-state index contributed by atoms with van der Waals surface area (Å²) in [6.45, 7) is 0. The minimum absolute atomic E-state index is 0.0553. The van der Waals surface area contributed by atoms with Crippen molar-refractivity contribution >= 4 is 11.7 Å². The number of anilines is 1. The fourth-order valence-electron chi connectivity index (χ4n) is 1.58. The molecule has 6 heteroatoms. The van der Waals surface area contributed by atoms with Gasteiger partial charge in [0.25, 0.3) is 0 Å². The Bertz CT molecular complexity index is 659. The number of carbonyl (C=O) groups excluding carboxylic acids is 1. The van der Waals surface area contributed by atoms with E-state index in [9.17, 15) is 13.6 Å². The summed E-state index contributed by atoms with van der Waals surface area (Å²) in [5.74, 6) is -2.67. The molecule has 2 N–H and O–H groups in total. The van der Waals surface area contributed by atoms with Crippen molar-refractivity contribution in [3.05, 3.63) is 53.6 Å². The Kier molecular flexibility index (Phi) is 3.84. The summed E-state index contributed by atoms with van der Waals surface area (Å²) in [5, 5.41) is 0. The van der Waals surface area contributed by atoms with Crippen molar-refractivity contribution < 1.29 is 23.0 Å². The molecule has 2 aromatic rings. The quantitative estimate of drug-likeness (QED) is 0.692. The van der Waals surface area contributed by atoms with Gasteiger partial charge in [-0.05, 0) is 12.1 Å². The number of esters is 1. The minimum atomic E-state index is -0.807. The normalized spacial score (nSPS) is 10.2. The minimum Gasteiger partial charge on any atom is -0.465 e. The first-order valence-corrected chi connectivity index (χ1v) is 5.62. The van der Waals surface area contributed by atoms with E-state index in [0.717, 1.165) is 12.1 Å². The first-order valence-electron chi connectivity index (χ1n) is 5.62. The Morgan fingerprint density at radius 2 is 1.80 bits per heavy atom. The summed E-state index contributed by atoms with van der Waals surface area (Å²) in [6.07, 6.45) is 0. The lowest BCUT2D eigenvalue weighted by atomic mass is 10.1. The number of nitrogen functional groups attached to an aromatic ring is 1. The van der Waals surface area contributed by atoms with Crippen molar-refractivity contribution in [1.29, 1.82) is 0 Å². The zero-order chi connectivity index (χ0) is 14.7. The fraction of sp³-hybridized carbons (Fsp3) is 0.0714. The number of rotatable bonds is 3. The van der Waals surface area contributed by atoms with Crippen molar-refractivity contribution in [2.45, 2.75) is 0 Å². The van der Waals surface area contributed by atoms with E-state index in [0.29, 0.717) is 0 Å². The van der Waals surface area contributed by atoms with Crippen LogP contribution in [0, 0.1) is 11.6 Å². The van der Waals surface area contributed by atoms with E-state index in [2.05, 4.69) is 4.74 Å². The van der Waals surface area contributed by atoms with E-state index in [1.807, 2.05) is 0 Å². The zero-order valence-corrected chi connectivity index (χ0v) is 10.5. The van der Waals surface area contributed by atoms with Crippen LogP contribution in [-0.2, 0) is 4.74 Å². The predicted molar refractivity (Wildman–Crippen MR) is 68.6 cm³/mol. The number of hydrogen-bond acceptors (Lipinski definition) is 4. The molecular weight excluding hydrogens is 268 g/mol. The van der Waals surface area contributed by atoms with Crippen LogP contribution in [0.1, 0.15) is 10.4 Å². The van der Waals surface area contributed by atoms with E-state index in [1.54, 1.807) is 0 Å². The van der Waals surface area contributed by atoms with E-state index in [1.165, 1.54) is 31.4 Å². The Balaban J connectivity index is 2.42. The molecule has 20 heavy (non-hydrogen) atoms. The molecular formula is C14H11F2NO3. The lowest BCUT2D eigenvalue weighted by molar-refractivity contribution is 0.0601. The summed E-state index contributed by atoms with van der Waals surface area (Å²) >= 11 is 0. The lowest BCUT2D eigenvalue weighted by Crippen LogP contribution is -2.07. The molecule has 0 unspecified atom stereocenters. The Labute approximate surface area is 113 Å². The molecule has 0 aliphatic heterocycles. The number of halogens is 2. The van der Waals surface area contributed by atoms with E-state index in [4.69, 9.17) is 10.5 Å². The molecule has 0 atom stereocenters. The van der Waals surface area contributed by atoms with Crippen LogP contribution >= 0.6 is 0 Å². The predicted octanol–water partition coefficient (Wildman–Crippen LogP) is 3.13. The van der Waals surface area contributed by atoms with E-state index >= 15 is 0 Å². The van der Waals surface area contributed by atoms with Crippen molar-refractivity contribution in [3.63, 3.8) is 0 Å². The SMILES string of the molecule is COC(=O)c1cc(Oc2ccccc2F)c(F)cc1N. The van der Waals surface area contributed by atoms with Crippen LogP contribution in [0.5, 0.6) is 11.5 Å². The summed E-state index contributed by atoms with van der Waals surface area (Å²) in [5.41, 5.74) is 5.38. The molecule has 0 radical (unpaired) electrons. The van der Waals surface area contributed by atoms with Gasteiger partial charge in [-0.15, -0.1) is 0 Å². The molecule has 0 spiro atoms. The monoisotopic (exact) mass is 279 g/mol. The average molecular weight is 279 g/mol. The summed E-state index contributed by atoms with van der Waals surface area (Å²) < 4.78 is 36.8. The van der Waals surface area contributed by atoms with Crippen molar-refractivity contribution in [1.82, 2.24) is 0 Å². The molecule has 0 bridgehead atoms. The van der Waals surface area contributed by atoms with Crippen LogP contribution in [0.15, 0.2) is 36.4 Å². The van der Waals surface area contributed by atoms with Crippen molar-refractivity contribution in [2.75, 3.05) is 12.8 Å². The van der Waals surface area contributed by atoms with E-state index in [-0.39, 0.29) is 22.7 Å². The molecule has 104 valence electrons. The van der Waals surface area contributed by atoms with Gasteiger partial charge >= 0.3 is 5.97 Å². The topological polar surface area (TPSA) is 61.5 Å². The summed E-state index contributed by atoms with van der Waals surface area (Å²) in [4.78, 5) is 11.5. The van der Waals surface area contributed by atoms with Gasteiger partial charge in [0.15, 0.2) is 23.1 Å². The number of methoxy groups -OCH3 is 1. The number of carbonyl (C=O) groups is 1. The second-order valence-electron chi connectivity index (χ2n) is 3.89. The molecule has 2 rings (SSSR count). The molecule has 0 aromatic heterocycles. The van der Waals surface area contributed by atoms with Crippen LogP contribution in [0.25, 0.3) is 0 Å². The summed E-state index contributed by atoms with van der Waals surface area (Å²) in [6, 6.07) is 7.51. The zero-order valence-electron chi connectivity index (χ0n) is 10.5. The van der Waals surface area contributed by atoms with Gasteiger partial charge in [0.1, 0.15) is 0 Å². The molecule has 0 aliphatic rings. The second kappa shape index (κ2) is 5.56. The molecule has 0 aliphatic carbocycles. The third kappa shape index (κ3) is 2.69. The molecule has 4 nitrogen and oxygen atoms in total. The molecule has 0 heterocycles. The number of nitrogens with two attached hydrogens (primary N) is 1. The van der Waals surface area contributed by atoms with Crippen LogP contribution in [0.3, 0.4) is 0 Å². The van der Waals surface area contributed by atoms with Gasteiger partial charge in [-0.3, -0.25) is 0 Å². The van der Waals surface area contributed by atoms with Crippen LogP contribution in [0.4, 0.5) is 14.5 Å². The number of hydrogen-bond donors (Lipinski definition) is 1. The highest BCUT2D eigenvalue weighted by atomic mass is 19.1. The number of para-hydroxylation sites is 1. The lowest BCUT2D eigenvalue weighted by Gasteiger charge is -2.10. The number of ether oxygens (including phenoxy) is 2. The van der Waals surface area contributed by atoms with Gasteiger partial charge in [-0.1, -0.05) is 12.1 Å². The third-order valence-corrected chi connectivity index (χ3v) is 2.57. The van der Waals surface area contributed by atoms with Crippen LogP contribution in [0.2, 0.25) is 0 Å². The number of benzene rings is 2. The molecule has 0 fully saturated rings. The van der Waals surface area contributed by atoms with Gasteiger partial charge < -0.3 is 15.2 Å². The maximum Gasteiger partial charge on any atom is 0.340 e. The Hall–Kier alpha value is -2.63. The fourth-order valence-corrected chi connectivity index (χ4v) is 1.58. The van der Waals surface area contributed by atoms with Crippen LogP contribution in [-0.4, -0.2) is 13.1 Å². The first-order chi connectivity index (χ1) is 9.52. The molecule has 0 saturated carbocycles. The highest BCUT2D eigenvalue weighted by Gasteiger charge is 2.16. The van der Waals surface area contributed by atoms with Gasteiger partial charge in [0, 0.05) is 17.8 Å². The standard InChI is InChI=1S/C14H11F2NO3/c1-19-14(18)8-6-13(10(16)7-11(8)17)20-12-5-3-2-4-9(12)15/h2-7H,17H2,1H3. The third-order valence-electron chi connectivity index (χ3n) is 2.57. The molecule has 2 aromatic carbocycles. The highest BCUT2D eigenvalue weighted by molar-refractivity contribution is 5.95. The van der Waals surface area contributed by atoms with Crippen LogP contribution < -0.4 is 10.5 Å². The highest BCUT2D eigenvalue weighted by Crippen LogP contribution is 2.30. The van der Waals surface area contributed by atoms with Gasteiger partial charge in [0.2, 0.25) is 0 Å². The van der Waals surface area contributed by atoms with Crippen molar-refractivity contribution in [2.24, 2.45) is 0 Å². The smallest absolute Gasteiger partial charge is 0.340 e. The van der Waals surface area contributed by atoms with Gasteiger partial charge in [-0.25, -0.2) is 13.6 Å². The maximum absolute atomic E-state index is 13.7. The van der Waals surface area contributed by atoms with E-state index < -0.39 is 17.6 Å². The second-order valence-corrected chi connectivity index (χ2v) is 3.89. The first kappa shape index (κ1) is 13.8. The maximum atomic E-state index is 13.7. The average Bonchev–Trinajstić information content (AvgIpc) is 2.43. The van der Waals surface area contributed by atoms with Gasteiger partial charge in [0.05, 0.1) is 12.7 Å². The largest absolute Gasteiger partial charge is 0.465 e. The summed E-state index contributed by atoms with van der Waals surface area (Å²) in [7, 11) is 1.17. The van der Waals surface area contributed by atoms with Crippen molar-refractivity contribution in [3.8, 4) is 11.5 Å². The van der Waals surface area contributed by atoms with Gasteiger partial charge in [-0.2, -0.15) is 0 Å². The molecule has 0 saturated heterocycles. The Morgan fingerprint density at radius 3 is 2.45 bits per heavy atom. The molecule has 0 amide bonds. The Morgan fingerprint density at radius 1 is 1.10 bits per heavy atom.